The van der Waals surface area contributed by atoms with E-state index >= 15 is 0 Å². The van der Waals surface area contributed by atoms with Crippen molar-refractivity contribution in [1.29, 1.82) is 0 Å². The second kappa shape index (κ2) is 7.19. The molecule has 0 aromatic rings. The third-order valence-electron chi connectivity index (χ3n) is 4.49. The third-order valence-corrected chi connectivity index (χ3v) is 4.49. The van der Waals surface area contributed by atoms with Gasteiger partial charge in [-0.15, -0.1) is 0 Å². The molecule has 2 amide bonds. The van der Waals surface area contributed by atoms with Crippen LogP contribution >= 0.6 is 0 Å². The van der Waals surface area contributed by atoms with Crippen molar-refractivity contribution in [1.82, 2.24) is 10.2 Å². The largest absolute Gasteiger partial charge is 0.480 e. The fourth-order valence-corrected chi connectivity index (χ4v) is 2.82. The summed E-state index contributed by atoms with van der Waals surface area (Å²) in [6.07, 6.45) is -0.274. The average Bonchev–Trinajstić information content (AvgIpc) is 2.88. The molecule has 0 aromatic carbocycles. The molecule has 0 radical (unpaired) electrons. The van der Waals surface area contributed by atoms with E-state index in [1.807, 2.05) is 20.8 Å². The van der Waals surface area contributed by atoms with Crippen molar-refractivity contribution in [3.8, 4) is 0 Å². The first-order chi connectivity index (χ1) is 10.5. The lowest BCUT2D eigenvalue weighted by atomic mass is 9.79. The van der Waals surface area contributed by atoms with E-state index in [1.165, 1.54) is 12.0 Å². The number of rotatable bonds is 4. The molecule has 132 valence electrons. The predicted molar refractivity (Wildman–Crippen MR) is 84.9 cm³/mol. The van der Waals surface area contributed by atoms with Crippen LogP contribution in [0, 0.1) is 17.3 Å². The van der Waals surface area contributed by atoms with Gasteiger partial charge in [-0.05, 0) is 23.7 Å². The number of amides is 2. The van der Waals surface area contributed by atoms with Gasteiger partial charge in [0.1, 0.15) is 12.1 Å². The number of carboxylic acids is 1. The molecular formula is C16H28N2O5. The fraction of sp³-hybridized carbons (Fsp3) is 0.812. The molecule has 0 spiro atoms. The van der Waals surface area contributed by atoms with E-state index in [4.69, 9.17) is 0 Å². The van der Waals surface area contributed by atoms with E-state index in [2.05, 4.69) is 10.1 Å². The molecule has 0 aliphatic carbocycles. The van der Waals surface area contributed by atoms with Gasteiger partial charge in [0, 0.05) is 6.54 Å². The van der Waals surface area contributed by atoms with Crippen molar-refractivity contribution in [3.63, 3.8) is 0 Å². The summed E-state index contributed by atoms with van der Waals surface area (Å²) in [6, 6.07) is -1.66. The zero-order chi connectivity index (χ0) is 17.9. The molecule has 1 heterocycles. The van der Waals surface area contributed by atoms with Gasteiger partial charge in [0.05, 0.1) is 7.11 Å². The Balaban J connectivity index is 3.01. The second-order valence-electron chi connectivity index (χ2n) is 7.50. The number of aliphatic carboxylic acids is 1. The van der Waals surface area contributed by atoms with Crippen molar-refractivity contribution in [3.05, 3.63) is 0 Å². The predicted octanol–water partition coefficient (Wildman–Crippen LogP) is 1.71. The summed E-state index contributed by atoms with van der Waals surface area (Å²) in [6.45, 7) is 10.1. The number of nitrogens with zero attached hydrogens (tertiary/aromatic N) is 1. The van der Waals surface area contributed by atoms with Gasteiger partial charge in [0.2, 0.25) is 5.91 Å². The summed E-state index contributed by atoms with van der Waals surface area (Å²) < 4.78 is 4.56. The summed E-state index contributed by atoms with van der Waals surface area (Å²) in [5.74, 6) is -1.46. The van der Waals surface area contributed by atoms with Crippen LogP contribution in [0.4, 0.5) is 4.79 Å². The molecule has 7 nitrogen and oxygen atoms in total. The Hall–Kier alpha value is -1.79. The maximum atomic E-state index is 12.8. The molecule has 1 fully saturated rings. The second-order valence-corrected chi connectivity index (χ2v) is 7.50. The van der Waals surface area contributed by atoms with Crippen LogP contribution in [0.15, 0.2) is 0 Å². The van der Waals surface area contributed by atoms with Crippen LogP contribution in [0.3, 0.4) is 0 Å². The van der Waals surface area contributed by atoms with Crippen molar-refractivity contribution < 1.29 is 24.2 Å². The third kappa shape index (κ3) is 4.59. The lowest BCUT2D eigenvalue weighted by Gasteiger charge is -2.30. The molecular weight excluding hydrogens is 300 g/mol. The van der Waals surface area contributed by atoms with E-state index in [0.29, 0.717) is 13.0 Å². The van der Waals surface area contributed by atoms with Crippen molar-refractivity contribution >= 4 is 18.0 Å². The molecule has 0 bridgehead atoms. The number of hydrogen-bond acceptors (Lipinski definition) is 4. The number of methoxy groups -OCH3 is 1. The molecule has 0 aromatic heterocycles. The highest BCUT2D eigenvalue weighted by Gasteiger charge is 2.45. The fourth-order valence-electron chi connectivity index (χ4n) is 2.82. The Morgan fingerprint density at radius 3 is 2.22 bits per heavy atom. The molecule has 1 saturated heterocycles. The molecule has 0 saturated carbocycles. The standard InChI is InChI=1S/C16H28N2O5/c1-9(2)12(17-15(22)23-6)13(19)18-8-10(16(3,4)5)7-11(18)14(20)21/h9-12H,7-8H2,1-6H3,(H,17,22)(H,20,21)/t10?,11-,12-/m0/s1. The first-order valence-electron chi connectivity index (χ1n) is 7.86. The van der Waals surface area contributed by atoms with Gasteiger partial charge in [0.15, 0.2) is 0 Å². The summed E-state index contributed by atoms with van der Waals surface area (Å²) in [4.78, 5) is 37.2. The number of hydrogen-bond donors (Lipinski definition) is 2. The number of likely N-dealkylation sites (tertiary alicyclic amines) is 1. The monoisotopic (exact) mass is 328 g/mol. The Labute approximate surface area is 137 Å². The number of alkyl carbamates (subject to hydrolysis) is 1. The highest BCUT2D eigenvalue weighted by Crippen LogP contribution is 2.37. The van der Waals surface area contributed by atoms with E-state index in [0.717, 1.165) is 0 Å². The number of carboxylic acid groups (broad SMARTS) is 1. The Morgan fingerprint density at radius 1 is 1.26 bits per heavy atom. The van der Waals surface area contributed by atoms with Crippen LogP contribution < -0.4 is 5.32 Å². The van der Waals surface area contributed by atoms with Crippen LogP contribution in [0.1, 0.15) is 41.0 Å². The van der Waals surface area contributed by atoms with Crippen LogP contribution in [-0.4, -0.2) is 53.7 Å². The minimum atomic E-state index is -1.01. The number of carbonyl (C=O) groups is 3. The van der Waals surface area contributed by atoms with Crippen LogP contribution in [0.25, 0.3) is 0 Å². The van der Waals surface area contributed by atoms with Crippen molar-refractivity contribution in [2.24, 2.45) is 17.3 Å². The zero-order valence-corrected chi connectivity index (χ0v) is 14.8. The van der Waals surface area contributed by atoms with Gasteiger partial charge >= 0.3 is 12.1 Å². The molecule has 2 N–H and O–H groups in total. The van der Waals surface area contributed by atoms with Crippen molar-refractivity contribution in [2.75, 3.05) is 13.7 Å². The van der Waals surface area contributed by atoms with Gasteiger partial charge in [-0.25, -0.2) is 9.59 Å². The summed E-state index contributed by atoms with van der Waals surface area (Å²) in [7, 11) is 1.22. The SMILES string of the molecule is COC(=O)N[C@H](C(=O)N1CC(C(C)(C)C)C[C@H]1C(=O)O)C(C)C. The molecule has 23 heavy (non-hydrogen) atoms. The minimum absolute atomic E-state index is 0.0914. The first-order valence-corrected chi connectivity index (χ1v) is 7.86. The van der Waals surface area contributed by atoms with Crippen LogP contribution in [0.5, 0.6) is 0 Å². The summed E-state index contributed by atoms with van der Waals surface area (Å²) in [5, 5.41) is 12.0. The Bertz CT molecular complexity index is 470. The number of ether oxygens (including phenoxy) is 1. The van der Waals surface area contributed by atoms with Gasteiger partial charge in [-0.2, -0.15) is 0 Å². The number of nitrogens with one attached hydrogen (secondary N) is 1. The van der Waals surface area contributed by atoms with Gasteiger partial charge in [-0.1, -0.05) is 34.6 Å². The van der Waals surface area contributed by atoms with Crippen molar-refractivity contribution in [2.45, 2.75) is 53.1 Å². The molecule has 1 unspecified atom stereocenters. The summed E-state index contributed by atoms with van der Waals surface area (Å²) in [5.41, 5.74) is -0.0914. The lowest BCUT2D eigenvalue weighted by Crippen LogP contribution is -2.53. The smallest absolute Gasteiger partial charge is 0.407 e. The molecule has 1 aliphatic heterocycles. The minimum Gasteiger partial charge on any atom is -0.480 e. The normalized spacial score (nSPS) is 22.8. The first kappa shape index (κ1) is 19.3. The summed E-state index contributed by atoms with van der Waals surface area (Å²) >= 11 is 0. The van der Waals surface area contributed by atoms with E-state index < -0.39 is 24.1 Å². The van der Waals surface area contributed by atoms with Crippen LogP contribution in [0.2, 0.25) is 0 Å². The Kier molecular flexibility index (Phi) is 6.02. The number of carbonyl (C=O) groups excluding carboxylic acids is 2. The van der Waals surface area contributed by atoms with Gasteiger partial charge in [0.25, 0.3) is 0 Å². The van der Waals surface area contributed by atoms with E-state index in [1.54, 1.807) is 13.8 Å². The molecule has 1 aliphatic rings. The molecule has 1 rings (SSSR count). The molecule has 3 atom stereocenters. The maximum absolute atomic E-state index is 12.8. The zero-order valence-electron chi connectivity index (χ0n) is 14.8. The average molecular weight is 328 g/mol. The Morgan fingerprint density at radius 2 is 1.83 bits per heavy atom. The molecule has 7 heteroatoms. The van der Waals surface area contributed by atoms with E-state index in [-0.39, 0.29) is 23.2 Å². The van der Waals surface area contributed by atoms with E-state index in [9.17, 15) is 19.5 Å². The topological polar surface area (TPSA) is 95.9 Å². The maximum Gasteiger partial charge on any atom is 0.407 e. The quantitative estimate of drug-likeness (QED) is 0.819. The van der Waals surface area contributed by atoms with Crippen LogP contribution in [-0.2, 0) is 14.3 Å². The highest BCUT2D eigenvalue weighted by atomic mass is 16.5. The van der Waals surface area contributed by atoms with Gasteiger partial charge in [-0.3, -0.25) is 4.79 Å². The lowest BCUT2D eigenvalue weighted by molar-refractivity contribution is -0.149. The highest BCUT2D eigenvalue weighted by molar-refractivity contribution is 5.90. The van der Waals surface area contributed by atoms with Gasteiger partial charge < -0.3 is 20.1 Å².